The molecule has 4 rings (SSSR count). The highest BCUT2D eigenvalue weighted by molar-refractivity contribution is 5.82. The van der Waals surface area contributed by atoms with E-state index in [9.17, 15) is 4.79 Å². The number of methoxy groups -OCH3 is 1. The number of hydrogen-bond donors (Lipinski definition) is 1. The molecule has 28 heavy (non-hydrogen) atoms. The Morgan fingerprint density at radius 2 is 2.29 bits per heavy atom. The number of aryl methyl sites for hydroxylation is 2. The molecular formula is C21H30N4O3. The van der Waals surface area contributed by atoms with E-state index in [4.69, 9.17) is 14.5 Å². The molecule has 7 nitrogen and oxygen atoms in total. The van der Waals surface area contributed by atoms with Gasteiger partial charge < -0.3 is 24.1 Å². The molecule has 3 heterocycles. The average molecular weight is 386 g/mol. The van der Waals surface area contributed by atoms with E-state index in [1.165, 1.54) is 0 Å². The number of imidazole rings is 1. The summed E-state index contributed by atoms with van der Waals surface area (Å²) in [4.78, 5) is 19.8. The van der Waals surface area contributed by atoms with Gasteiger partial charge in [-0.25, -0.2) is 4.98 Å². The smallest absolute Gasteiger partial charge is 0.253 e. The third-order valence-corrected chi connectivity index (χ3v) is 5.53. The summed E-state index contributed by atoms with van der Waals surface area (Å²) in [5.41, 5.74) is 3.29. The van der Waals surface area contributed by atoms with Crippen molar-refractivity contribution in [1.82, 2.24) is 19.6 Å². The van der Waals surface area contributed by atoms with E-state index in [1.54, 1.807) is 7.11 Å². The quantitative estimate of drug-likeness (QED) is 0.700. The van der Waals surface area contributed by atoms with Gasteiger partial charge in [-0.1, -0.05) is 6.07 Å². The van der Waals surface area contributed by atoms with Crippen molar-refractivity contribution in [2.75, 3.05) is 33.4 Å². The number of hydrogen-bond acceptors (Lipinski definition) is 5. The Kier molecular flexibility index (Phi) is 5.94. The number of aromatic nitrogens is 2. The molecule has 0 radical (unpaired) electrons. The molecular weight excluding hydrogens is 356 g/mol. The predicted octanol–water partition coefficient (Wildman–Crippen LogP) is 1.70. The zero-order valence-corrected chi connectivity index (χ0v) is 16.8. The molecule has 0 unspecified atom stereocenters. The first kappa shape index (κ1) is 19.4. The fraction of sp³-hybridized carbons (Fsp3) is 0.619. The van der Waals surface area contributed by atoms with Gasteiger partial charge in [0.15, 0.2) is 0 Å². The van der Waals surface area contributed by atoms with Gasteiger partial charge in [0.2, 0.25) is 0 Å². The van der Waals surface area contributed by atoms with Crippen LogP contribution < -0.4 is 5.32 Å². The van der Waals surface area contributed by atoms with Crippen LogP contribution in [0.2, 0.25) is 0 Å². The maximum Gasteiger partial charge on any atom is 0.253 e. The number of rotatable bonds is 8. The highest BCUT2D eigenvalue weighted by Crippen LogP contribution is 2.29. The number of fused-ring (bicyclic) bond motifs is 1. The number of carbonyl (C=O) groups excluding carboxylic acids is 1. The summed E-state index contributed by atoms with van der Waals surface area (Å²) in [5, 5.41) is 3.26. The van der Waals surface area contributed by atoms with E-state index in [2.05, 4.69) is 28.0 Å². The van der Waals surface area contributed by atoms with Crippen LogP contribution in [0, 0.1) is 6.92 Å². The molecule has 7 heteroatoms. The first-order chi connectivity index (χ1) is 13.7. The van der Waals surface area contributed by atoms with Gasteiger partial charge in [-0.15, -0.1) is 0 Å². The fourth-order valence-corrected chi connectivity index (χ4v) is 3.88. The second-order valence-corrected chi connectivity index (χ2v) is 7.76. The first-order valence-electron chi connectivity index (χ1n) is 10.3. The van der Waals surface area contributed by atoms with Gasteiger partial charge >= 0.3 is 0 Å². The van der Waals surface area contributed by atoms with Crippen molar-refractivity contribution in [1.29, 1.82) is 0 Å². The Labute approximate surface area is 166 Å². The highest BCUT2D eigenvalue weighted by Gasteiger charge is 2.36. The van der Waals surface area contributed by atoms with E-state index in [1.807, 2.05) is 11.8 Å². The minimum absolute atomic E-state index is 0.108. The lowest BCUT2D eigenvalue weighted by Crippen LogP contribution is -2.49. The van der Waals surface area contributed by atoms with E-state index in [-0.39, 0.29) is 12.0 Å². The number of ether oxygens (including phenoxy) is 2. The van der Waals surface area contributed by atoms with Crippen LogP contribution in [0.4, 0.5) is 0 Å². The van der Waals surface area contributed by atoms with Gasteiger partial charge in [0, 0.05) is 52.0 Å². The molecule has 1 aliphatic carbocycles. The number of morpholine rings is 1. The summed E-state index contributed by atoms with van der Waals surface area (Å²) < 4.78 is 13.1. The van der Waals surface area contributed by atoms with E-state index in [0.29, 0.717) is 25.7 Å². The van der Waals surface area contributed by atoms with Crippen molar-refractivity contribution in [3.8, 4) is 0 Å². The number of amides is 1. The van der Waals surface area contributed by atoms with Gasteiger partial charge in [0.1, 0.15) is 11.9 Å². The predicted molar refractivity (Wildman–Crippen MR) is 106 cm³/mol. The molecule has 2 aromatic heterocycles. The molecule has 1 saturated carbocycles. The van der Waals surface area contributed by atoms with Crippen molar-refractivity contribution in [2.45, 2.75) is 51.3 Å². The molecule has 1 amide bonds. The summed E-state index contributed by atoms with van der Waals surface area (Å²) in [5.74, 6) is 1.16. The number of pyridine rings is 1. The molecule has 1 aliphatic heterocycles. The molecule has 0 bridgehead atoms. The summed E-state index contributed by atoms with van der Waals surface area (Å²) in [7, 11) is 1.72. The second kappa shape index (κ2) is 8.59. The molecule has 1 atom stereocenters. The number of carbonyl (C=O) groups is 1. The van der Waals surface area contributed by atoms with E-state index in [0.717, 1.165) is 61.4 Å². The van der Waals surface area contributed by atoms with Crippen molar-refractivity contribution >= 4 is 11.4 Å². The summed E-state index contributed by atoms with van der Waals surface area (Å²) in [6, 6.07) is 4.58. The van der Waals surface area contributed by atoms with Gasteiger partial charge in [0.05, 0.1) is 17.8 Å². The fourth-order valence-electron chi connectivity index (χ4n) is 3.88. The van der Waals surface area contributed by atoms with Crippen LogP contribution in [0.5, 0.6) is 0 Å². The van der Waals surface area contributed by atoms with Crippen LogP contribution >= 0.6 is 0 Å². The standard InChI is InChI=1S/C21H30N4O3/c1-15-18-8-5-16(14-25(18)20(23-15)4-3-10-27-2)13-24(17-6-7-17)21(26)19-12-22-9-11-28-19/h5,8,14,17,19,22H,3-4,6-7,9-13H2,1-2H3/t19-/m1/s1. The van der Waals surface area contributed by atoms with Crippen molar-refractivity contribution in [2.24, 2.45) is 0 Å². The molecule has 152 valence electrons. The molecule has 2 fully saturated rings. The van der Waals surface area contributed by atoms with Gasteiger partial charge in [-0.3, -0.25) is 4.79 Å². The summed E-state index contributed by atoms with van der Waals surface area (Å²) in [6.07, 6.45) is 5.76. The minimum Gasteiger partial charge on any atom is -0.385 e. The van der Waals surface area contributed by atoms with Gasteiger partial charge in [0.25, 0.3) is 5.91 Å². The van der Waals surface area contributed by atoms with Crippen LogP contribution in [0.1, 0.15) is 36.3 Å². The van der Waals surface area contributed by atoms with Crippen molar-refractivity contribution < 1.29 is 14.3 Å². The van der Waals surface area contributed by atoms with Gasteiger partial charge in [-0.05, 0) is 37.8 Å². The zero-order valence-electron chi connectivity index (χ0n) is 16.8. The van der Waals surface area contributed by atoms with Crippen molar-refractivity contribution in [3.63, 3.8) is 0 Å². The van der Waals surface area contributed by atoms with Crippen molar-refractivity contribution in [3.05, 3.63) is 35.4 Å². The molecule has 0 spiro atoms. The first-order valence-corrected chi connectivity index (χ1v) is 10.3. The molecule has 2 aliphatic rings. The maximum atomic E-state index is 13.0. The third kappa shape index (κ3) is 4.21. The maximum absolute atomic E-state index is 13.0. The number of nitrogens with zero attached hydrogens (tertiary/aromatic N) is 3. The Morgan fingerprint density at radius 1 is 1.43 bits per heavy atom. The molecule has 2 aromatic rings. The van der Waals surface area contributed by atoms with Gasteiger partial charge in [-0.2, -0.15) is 0 Å². The van der Waals surface area contributed by atoms with Crippen LogP contribution in [-0.4, -0.2) is 65.8 Å². The summed E-state index contributed by atoms with van der Waals surface area (Å²) >= 11 is 0. The number of nitrogens with one attached hydrogen (secondary N) is 1. The van der Waals surface area contributed by atoms with Crippen LogP contribution in [-0.2, 0) is 27.2 Å². The van der Waals surface area contributed by atoms with E-state index < -0.39 is 0 Å². The van der Waals surface area contributed by atoms with Crippen LogP contribution in [0.25, 0.3) is 5.52 Å². The average Bonchev–Trinajstić information content (AvgIpc) is 3.52. The Bertz CT molecular complexity index is 824. The zero-order chi connectivity index (χ0) is 19.5. The Morgan fingerprint density at radius 3 is 3.00 bits per heavy atom. The lowest BCUT2D eigenvalue weighted by Gasteiger charge is -2.30. The highest BCUT2D eigenvalue weighted by atomic mass is 16.5. The molecule has 1 saturated heterocycles. The Balaban J connectivity index is 1.53. The lowest BCUT2D eigenvalue weighted by atomic mass is 10.2. The second-order valence-electron chi connectivity index (χ2n) is 7.76. The van der Waals surface area contributed by atoms with E-state index >= 15 is 0 Å². The minimum atomic E-state index is -0.363. The topological polar surface area (TPSA) is 68.1 Å². The van der Waals surface area contributed by atoms with Crippen LogP contribution in [0.15, 0.2) is 18.3 Å². The monoisotopic (exact) mass is 386 g/mol. The largest absolute Gasteiger partial charge is 0.385 e. The summed E-state index contributed by atoms with van der Waals surface area (Å²) in [6.45, 7) is 5.41. The lowest BCUT2D eigenvalue weighted by molar-refractivity contribution is -0.146. The molecule has 1 N–H and O–H groups in total. The normalized spacial score (nSPS) is 19.9. The Hall–Kier alpha value is -1.96. The van der Waals surface area contributed by atoms with Crippen LogP contribution in [0.3, 0.4) is 0 Å². The molecule has 0 aromatic carbocycles. The SMILES string of the molecule is COCCCc1nc(C)c2ccc(CN(C(=O)[C@H]3CNCCO3)C3CC3)cn12. The third-order valence-electron chi connectivity index (χ3n) is 5.53.